The van der Waals surface area contributed by atoms with Gasteiger partial charge < -0.3 is 9.13 Å². The van der Waals surface area contributed by atoms with E-state index in [2.05, 4.69) is 81.5 Å². The van der Waals surface area contributed by atoms with Crippen molar-refractivity contribution in [1.82, 2.24) is 9.13 Å². The number of hydrogen-bond donors (Lipinski definition) is 0. The summed E-state index contributed by atoms with van der Waals surface area (Å²) >= 11 is 0. The molecule has 40 heavy (non-hydrogen) atoms. The van der Waals surface area contributed by atoms with Gasteiger partial charge >= 0.3 is 0 Å². The molecule has 0 saturated heterocycles. The summed E-state index contributed by atoms with van der Waals surface area (Å²) in [6, 6.07) is 33.0. The number of rotatable bonds is 6. The van der Waals surface area contributed by atoms with Gasteiger partial charge in [-0.05, 0) is 61.4 Å². The van der Waals surface area contributed by atoms with Crippen LogP contribution in [0.25, 0.3) is 43.6 Å². The molecule has 0 atom stereocenters. The summed E-state index contributed by atoms with van der Waals surface area (Å²) in [6.07, 6.45) is 3.24. The second kappa shape index (κ2) is 10.4. The van der Waals surface area contributed by atoms with Crippen LogP contribution < -0.4 is 0 Å². The molecule has 0 aliphatic heterocycles. The van der Waals surface area contributed by atoms with E-state index in [1.165, 1.54) is 21.8 Å². The van der Waals surface area contributed by atoms with Gasteiger partial charge in [-0.15, -0.1) is 0 Å². The Hall–Kier alpha value is -5.46. The molecule has 0 amide bonds. The van der Waals surface area contributed by atoms with Crippen LogP contribution in [0.15, 0.2) is 106 Å². The van der Waals surface area contributed by atoms with Gasteiger partial charge in [0.15, 0.2) is 11.4 Å². The number of aliphatic imine (C=N–C) groups is 2. The van der Waals surface area contributed by atoms with Crippen molar-refractivity contribution in [3.05, 3.63) is 107 Å². The Morgan fingerprint density at radius 3 is 1.40 bits per heavy atom. The van der Waals surface area contributed by atoms with Gasteiger partial charge in [-0.2, -0.15) is 10.5 Å². The Bertz CT molecular complexity index is 1950. The molecular formula is C34H26N6. The van der Waals surface area contributed by atoms with E-state index >= 15 is 0 Å². The summed E-state index contributed by atoms with van der Waals surface area (Å²) < 4.78 is 4.57. The zero-order chi connectivity index (χ0) is 27.6. The van der Waals surface area contributed by atoms with Gasteiger partial charge in [0.25, 0.3) is 0 Å². The monoisotopic (exact) mass is 518 g/mol. The van der Waals surface area contributed by atoms with Gasteiger partial charge in [0.1, 0.15) is 12.1 Å². The van der Waals surface area contributed by atoms with E-state index in [1.54, 1.807) is 12.4 Å². The molecule has 192 valence electrons. The minimum absolute atomic E-state index is 0.0292. The third-order valence-electron chi connectivity index (χ3n) is 7.35. The number of benzene rings is 4. The van der Waals surface area contributed by atoms with Crippen LogP contribution >= 0.6 is 0 Å². The Balaban J connectivity index is 1.34. The van der Waals surface area contributed by atoms with Crippen LogP contribution in [0.3, 0.4) is 0 Å². The number of para-hydroxylation sites is 2. The third kappa shape index (κ3) is 4.13. The number of aryl methyl sites for hydroxylation is 2. The van der Waals surface area contributed by atoms with E-state index < -0.39 is 0 Å². The Morgan fingerprint density at radius 2 is 1.00 bits per heavy atom. The SMILES string of the molecule is CCn1c2ccccc2c2cc(C=NC(C#N)=C(C#N)N=Cc3ccc4c(c3)c3ccccc3n4CC)ccc21. The molecule has 4 aromatic carbocycles. The minimum atomic E-state index is -0.0292. The van der Waals surface area contributed by atoms with Gasteiger partial charge in [0, 0.05) is 69.1 Å². The van der Waals surface area contributed by atoms with Crippen molar-refractivity contribution >= 4 is 56.0 Å². The Morgan fingerprint density at radius 1 is 0.600 bits per heavy atom. The number of aromatic nitrogens is 2. The topological polar surface area (TPSA) is 82.2 Å². The second-order valence-electron chi connectivity index (χ2n) is 9.51. The fourth-order valence-electron chi connectivity index (χ4n) is 5.55. The van der Waals surface area contributed by atoms with E-state index in [4.69, 9.17) is 0 Å². The lowest BCUT2D eigenvalue weighted by Gasteiger charge is -2.02. The first-order chi connectivity index (χ1) is 19.7. The normalized spacial score (nSPS) is 12.6. The summed E-state index contributed by atoms with van der Waals surface area (Å²) in [5, 5.41) is 24.2. The zero-order valence-electron chi connectivity index (χ0n) is 22.3. The van der Waals surface area contributed by atoms with Gasteiger partial charge in [0.05, 0.1) is 0 Å². The number of hydrogen-bond acceptors (Lipinski definition) is 4. The van der Waals surface area contributed by atoms with Gasteiger partial charge in [-0.3, -0.25) is 0 Å². The predicted octanol–water partition coefficient (Wildman–Crippen LogP) is 7.74. The fourth-order valence-corrected chi connectivity index (χ4v) is 5.55. The molecule has 6 aromatic rings. The van der Waals surface area contributed by atoms with Crippen LogP contribution in [0.1, 0.15) is 25.0 Å². The van der Waals surface area contributed by atoms with E-state index in [0.29, 0.717) is 0 Å². The van der Waals surface area contributed by atoms with E-state index in [1.807, 2.05) is 48.5 Å². The molecule has 6 heteroatoms. The molecule has 6 rings (SSSR count). The number of fused-ring (bicyclic) bond motifs is 6. The summed E-state index contributed by atoms with van der Waals surface area (Å²) in [5.41, 5.74) is 6.31. The zero-order valence-corrected chi connectivity index (χ0v) is 22.3. The van der Waals surface area contributed by atoms with Gasteiger partial charge in [-0.1, -0.05) is 48.5 Å². The van der Waals surface area contributed by atoms with Crippen molar-refractivity contribution in [2.45, 2.75) is 26.9 Å². The van der Waals surface area contributed by atoms with Crippen LogP contribution in [0.5, 0.6) is 0 Å². The highest BCUT2D eigenvalue weighted by Crippen LogP contribution is 2.30. The average Bonchev–Trinajstić information content (AvgIpc) is 3.50. The first kappa shape index (κ1) is 24.9. The standard InChI is InChI=1S/C34H26N6/c1-3-39-31-11-7-5-9-25(31)27-17-23(13-15-33(27)39)21-37-29(19-35)30(20-36)38-22-24-14-16-34-28(18-24)26-10-6-8-12-32(26)40(34)4-2/h5-18,21-22H,3-4H2,1-2H3. The number of nitrogens with zero attached hydrogens (tertiary/aromatic N) is 6. The smallest absolute Gasteiger partial charge is 0.176 e. The van der Waals surface area contributed by atoms with Crippen LogP contribution in [0.4, 0.5) is 0 Å². The maximum Gasteiger partial charge on any atom is 0.176 e. The molecule has 0 spiro atoms. The molecule has 2 heterocycles. The fraction of sp³-hybridized carbons (Fsp3) is 0.118. The van der Waals surface area contributed by atoms with Crippen LogP contribution in [-0.4, -0.2) is 21.6 Å². The van der Waals surface area contributed by atoms with E-state index in [0.717, 1.165) is 46.0 Å². The molecule has 0 bridgehead atoms. The van der Waals surface area contributed by atoms with Crippen LogP contribution in [-0.2, 0) is 13.1 Å². The van der Waals surface area contributed by atoms with E-state index in [-0.39, 0.29) is 11.4 Å². The number of nitriles is 2. The number of allylic oxidation sites excluding steroid dienone is 2. The maximum absolute atomic E-state index is 9.79. The third-order valence-corrected chi connectivity index (χ3v) is 7.35. The van der Waals surface area contributed by atoms with Crippen molar-refractivity contribution in [3.63, 3.8) is 0 Å². The summed E-state index contributed by atoms with van der Waals surface area (Å²) in [6.45, 7) is 6.01. The van der Waals surface area contributed by atoms with Crippen molar-refractivity contribution in [2.24, 2.45) is 9.98 Å². The lowest BCUT2D eigenvalue weighted by atomic mass is 10.1. The Kier molecular flexibility index (Phi) is 6.44. The molecule has 6 nitrogen and oxygen atoms in total. The quantitative estimate of drug-likeness (QED) is 0.167. The van der Waals surface area contributed by atoms with Gasteiger partial charge in [0.2, 0.25) is 0 Å². The van der Waals surface area contributed by atoms with Crippen LogP contribution in [0, 0.1) is 22.7 Å². The van der Waals surface area contributed by atoms with Crippen molar-refractivity contribution < 1.29 is 0 Å². The molecule has 0 aliphatic carbocycles. The summed E-state index contributed by atoms with van der Waals surface area (Å²) in [4.78, 5) is 8.72. The summed E-state index contributed by atoms with van der Waals surface area (Å²) in [7, 11) is 0. The Labute approximate surface area is 232 Å². The average molecular weight is 519 g/mol. The first-order valence-electron chi connectivity index (χ1n) is 13.3. The predicted molar refractivity (Wildman–Crippen MR) is 164 cm³/mol. The first-order valence-corrected chi connectivity index (χ1v) is 13.3. The van der Waals surface area contributed by atoms with Crippen molar-refractivity contribution in [2.75, 3.05) is 0 Å². The largest absolute Gasteiger partial charge is 0.341 e. The molecule has 0 radical (unpaired) electrons. The lowest BCUT2D eigenvalue weighted by molar-refractivity contribution is 0.827. The highest BCUT2D eigenvalue weighted by molar-refractivity contribution is 6.10. The molecular weight excluding hydrogens is 492 g/mol. The van der Waals surface area contributed by atoms with Crippen molar-refractivity contribution in [3.8, 4) is 12.1 Å². The second-order valence-corrected chi connectivity index (χ2v) is 9.51. The molecule has 0 fully saturated rings. The minimum Gasteiger partial charge on any atom is -0.341 e. The molecule has 0 saturated carbocycles. The van der Waals surface area contributed by atoms with Crippen LogP contribution in [0.2, 0.25) is 0 Å². The van der Waals surface area contributed by atoms with Gasteiger partial charge in [-0.25, -0.2) is 9.98 Å². The van der Waals surface area contributed by atoms with E-state index in [9.17, 15) is 10.5 Å². The molecule has 0 aliphatic rings. The lowest BCUT2D eigenvalue weighted by Crippen LogP contribution is -1.93. The maximum atomic E-state index is 9.79. The molecule has 2 aromatic heterocycles. The molecule has 0 N–H and O–H groups in total. The van der Waals surface area contributed by atoms with Crippen molar-refractivity contribution in [1.29, 1.82) is 10.5 Å². The molecule has 0 unspecified atom stereocenters. The summed E-state index contributed by atoms with van der Waals surface area (Å²) in [5.74, 6) is 0. The highest BCUT2D eigenvalue weighted by atomic mass is 15.0. The highest BCUT2D eigenvalue weighted by Gasteiger charge is 2.11.